The SMILES string of the molecule is Cc1nnc2sc(CC3(N)CCCC3)nn12. The molecule has 2 heterocycles. The number of nitrogens with zero attached hydrogens (tertiary/aromatic N) is 4. The molecular formula is C10H15N5S. The molecule has 1 saturated carbocycles. The molecule has 3 rings (SSSR count). The van der Waals surface area contributed by atoms with Gasteiger partial charge in [-0.25, -0.2) is 0 Å². The number of aromatic nitrogens is 4. The van der Waals surface area contributed by atoms with Gasteiger partial charge in [-0.3, -0.25) is 0 Å². The Labute approximate surface area is 97.7 Å². The van der Waals surface area contributed by atoms with Crippen LogP contribution in [0.15, 0.2) is 0 Å². The number of fused-ring (bicyclic) bond motifs is 1. The Morgan fingerprint density at radius 3 is 2.81 bits per heavy atom. The number of nitrogens with two attached hydrogens (primary N) is 1. The van der Waals surface area contributed by atoms with E-state index in [0.717, 1.165) is 35.1 Å². The highest BCUT2D eigenvalue weighted by atomic mass is 32.1. The molecule has 0 atom stereocenters. The van der Waals surface area contributed by atoms with E-state index in [0.29, 0.717) is 0 Å². The highest BCUT2D eigenvalue weighted by Gasteiger charge is 2.30. The third-order valence-corrected chi connectivity index (χ3v) is 4.19. The normalized spacial score (nSPS) is 19.6. The summed E-state index contributed by atoms with van der Waals surface area (Å²) in [5.74, 6) is 0.843. The summed E-state index contributed by atoms with van der Waals surface area (Å²) in [6.45, 7) is 1.91. The fourth-order valence-electron chi connectivity index (χ4n) is 2.38. The van der Waals surface area contributed by atoms with Gasteiger partial charge in [0.2, 0.25) is 4.96 Å². The first-order valence-corrected chi connectivity index (χ1v) is 6.45. The van der Waals surface area contributed by atoms with E-state index in [1.54, 1.807) is 15.9 Å². The molecule has 0 aliphatic heterocycles. The molecule has 6 heteroatoms. The minimum absolute atomic E-state index is 0.0306. The Kier molecular flexibility index (Phi) is 2.22. The second kappa shape index (κ2) is 3.49. The molecule has 0 radical (unpaired) electrons. The first-order chi connectivity index (χ1) is 7.66. The van der Waals surface area contributed by atoms with Gasteiger partial charge in [0, 0.05) is 12.0 Å². The molecule has 2 aromatic rings. The predicted molar refractivity (Wildman–Crippen MR) is 62.5 cm³/mol. The molecule has 0 aromatic carbocycles. The minimum Gasteiger partial charge on any atom is -0.325 e. The Balaban J connectivity index is 1.89. The van der Waals surface area contributed by atoms with Gasteiger partial charge in [-0.2, -0.15) is 9.61 Å². The summed E-state index contributed by atoms with van der Waals surface area (Å²) in [4.78, 5) is 0.870. The van der Waals surface area contributed by atoms with Crippen molar-refractivity contribution in [1.82, 2.24) is 19.8 Å². The molecular weight excluding hydrogens is 222 g/mol. The van der Waals surface area contributed by atoms with E-state index in [1.165, 1.54) is 12.8 Å². The van der Waals surface area contributed by atoms with E-state index < -0.39 is 0 Å². The van der Waals surface area contributed by atoms with Crippen LogP contribution in [0.1, 0.15) is 36.5 Å². The Bertz CT molecular complexity index is 508. The second-order valence-electron chi connectivity index (χ2n) is 4.68. The molecule has 1 aliphatic carbocycles. The van der Waals surface area contributed by atoms with Crippen molar-refractivity contribution < 1.29 is 0 Å². The van der Waals surface area contributed by atoms with Crippen molar-refractivity contribution in [2.75, 3.05) is 0 Å². The summed E-state index contributed by atoms with van der Waals surface area (Å²) in [5, 5.41) is 13.6. The van der Waals surface area contributed by atoms with E-state index in [-0.39, 0.29) is 5.54 Å². The summed E-state index contributed by atoms with van der Waals surface area (Å²) in [6, 6.07) is 0. The third kappa shape index (κ3) is 1.62. The summed E-state index contributed by atoms with van der Waals surface area (Å²) in [7, 11) is 0. The summed E-state index contributed by atoms with van der Waals surface area (Å²) in [6.07, 6.45) is 5.61. The number of hydrogen-bond acceptors (Lipinski definition) is 5. The maximum Gasteiger partial charge on any atom is 0.234 e. The molecule has 86 valence electrons. The highest BCUT2D eigenvalue weighted by molar-refractivity contribution is 7.16. The molecule has 1 fully saturated rings. The van der Waals surface area contributed by atoms with Crippen LogP contribution < -0.4 is 5.73 Å². The Morgan fingerprint density at radius 2 is 2.12 bits per heavy atom. The quantitative estimate of drug-likeness (QED) is 0.855. The van der Waals surface area contributed by atoms with Crippen LogP contribution >= 0.6 is 11.3 Å². The van der Waals surface area contributed by atoms with Crippen LogP contribution in [0.2, 0.25) is 0 Å². The molecule has 1 aliphatic rings. The first kappa shape index (κ1) is 10.2. The van der Waals surface area contributed by atoms with Crippen molar-refractivity contribution in [2.45, 2.75) is 44.6 Å². The largest absolute Gasteiger partial charge is 0.325 e. The molecule has 2 N–H and O–H groups in total. The van der Waals surface area contributed by atoms with Gasteiger partial charge in [0.05, 0.1) is 0 Å². The molecule has 0 spiro atoms. The van der Waals surface area contributed by atoms with Gasteiger partial charge in [-0.05, 0) is 19.8 Å². The van der Waals surface area contributed by atoms with E-state index in [1.807, 2.05) is 6.92 Å². The monoisotopic (exact) mass is 237 g/mol. The minimum atomic E-state index is -0.0306. The lowest BCUT2D eigenvalue weighted by molar-refractivity contribution is 0.433. The summed E-state index contributed by atoms with van der Waals surface area (Å²) < 4.78 is 1.80. The van der Waals surface area contributed by atoms with Gasteiger partial charge in [-0.15, -0.1) is 10.2 Å². The van der Waals surface area contributed by atoms with Crippen molar-refractivity contribution in [3.05, 3.63) is 10.8 Å². The number of rotatable bonds is 2. The number of hydrogen-bond donors (Lipinski definition) is 1. The lowest BCUT2D eigenvalue weighted by Gasteiger charge is -2.21. The van der Waals surface area contributed by atoms with Crippen LogP contribution in [0.25, 0.3) is 4.96 Å². The predicted octanol–water partition coefficient (Wildman–Crippen LogP) is 1.31. The second-order valence-corrected chi connectivity index (χ2v) is 5.72. The number of aryl methyl sites for hydroxylation is 1. The molecule has 0 bridgehead atoms. The van der Waals surface area contributed by atoms with Crippen molar-refractivity contribution in [3.63, 3.8) is 0 Å². The summed E-state index contributed by atoms with van der Waals surface area (Å²) in [5.41, 5.74) is 6.31. The van der Waals surface area contributed by atoms with E-state index in [4.69, 9.17) is 5.73 Å². The van der Waals surface area contributed by atoms with Crippen molar-refractivity contribution >= 4 is 16.3 Å². The molecule has 2 aromatic heterocycles. The molecule has 0 saturated heterocycles. The zero-order valence-corrected chi connectivity index (χ0v) is 10.1. The molecule has 0 unspecified atom stereocenters. The van der Waals surface area contributed by atoms with Crippen LogP contribution in [0.3, 0.4) is 0 Å². The van der Waals surface area contributed by atoms with E-state index >= 15 is 0 Å². The fourth-order valence-corrected chi connectivity index (χ4v) is 3.42. The van der Waals surface area contributed by atoms with Crippen LogP contribution in [0.4, 0.5) is 0 Å². The van der Waals surface area contributed by atoms with Gasteiger partial charge in [-0.1, -0.05) is 24.2 Å². The topological polar surface area (TPSA) is 69.1 Å². The van der Waals surface area contributed by atoms with Gasteiger partial charge in [0.15, 0.2) is 5.82 Å². The lowest BCUT2D eigenvalue weighted by atomic mass is 9.95. The molecule has 5 nitrogen and oxygen atoms in total. The van der Waals surface area contributed by atoms with Gasteiger partial charge < -0.3 is 5.73 Å². The maximum absolute atomic E-state index is 6.34. The van der Waals surface area contributed by atoms with Gasteiger partial charge in [0.25, 0.3) is 0 Å². The smallest absolute Gasteiger partial charge is 0.234 e. The average molecular weight is 237 g/mol. The third-order valence-electron chi connectivity index (χ3n) is 3.29. The zero-order valence-electron chi connectivity index (χ0n) is 9.31. The van der Waals surface area contributed by atoms with E-state index in [9.17, 15) is 0 Å². The van der Waals surface area contributed by atoms with Crippen LogP contribution in [-0.2, 0) is 6.42 Å². The zero-order chi connectivity index (χ0) is 11.2. The maximum atomic E-state index is 6.34. The van der Waals surface area contributed by atoms with Crippen LogP contribution in [0.5, 0.6) is 0 Å². The molecule has 16 heavy (non-hydrogen) atoms. The standard InChI is InChI=1S/C10H15N5S/c1-7-12-13-9-15(7)14-8(16-9)6-10(11)4-2-3-5-10/h2-6,11H2,1H3. The highest BCUT2D eigenvalue weighted by Crippen LogP contribution is 2.31. The Hall–Kier alpha value is -1.01. The van der Waals surface area contributed by atoms with Crippen LogP contribution in [0, 0.1) is 6.92 Å². The van der Waals surface area contributed by atoms with Crippen molar-refractivity contribution in [3.8, 4) is 0 Å². The van der Waals surface area contributed by atoms with Crippen LogP contribution in [-0.4, -0.2) is 25.4 Å². The summed E-state index contributed by atoms with van der Waals surface area (Å²) >= 11 is 1.60. The van der Waals surface area contributed by atoms with Gasteiger partial charge in [0.1, 0.15) is 5.01 Å². The van der Waals surface area contributed by atoms with Crippen molar-refractivity contribution in [2.24, 2.45) is 5.73 Å². The van der Waals surface area contributed by atoms with Crippen molar-refractivity contribution in [1.29, 1.82) is 0 Å². The van der Waals surface area contributed by atoms with E-state index in [2.05, 4.69) is 15.3 Å². The lowest BCUT2D eigenvalue weighted by Crippen LogP contribution is -2.38. The fraction of sp³-hybridized carbons (Fsp3) is 0.700. The first-order valence-electron chi connectivity index (χ1n) is 5.63. The Morgan fingerprint density at radius 1 is 1.38 bits per heavy atom. The van der Waals surface area contributed by atoms with Gasteiger partial charge >= 0.3 is 0 Å². The average Bonchev–Trinajstić information content (AvgIpc) is 2.88. The molecule has 0 amide bonds.